The minimum absolute atomic E-state index is 0.332. The van der Waals surface area contributed by atoms with Crippen molar-refractivity contribution in [3.05, 3.63) is 10.0 Å². The smallest absolute Gasteiger partial charge is 0.163 e. The molecule has 13 heavy (non-hydrogen) atoms. The van der Waals surface area contributed by atoms with E-state index in [1.165, 1.54) is 17.8 Å². The third kappa shape index (κ3) is 3.29. The lowest BCUT2D eigenvalue weighted by Gasteiger charge is -1.92. The zero-order valence-corrected chi connectivity index (χ0v) is 9.64. The van der Waals surface area contributed by atoms with Crippen LogP contribution in [0.2, 0.25) is 5.15 Å². The fourth-order valence-corrected chi connectivity index (χ4v) is 3.10. The molecule has 72 valence electrons. The number of aldehydes is 1. The fourth-order valence-electron chi connectivity index (χ4n) is 0.732. The summed E-state index contributed by atoms with van der Waals surface area (Å²) in [6, 6.07) is 0. The molecule has 0 radical (unpaired) electrons. The first-order valence-electron chi connectivity index (χ1n) is 4.02. The third-order valence-electron chi connectivity index (χ3n) is 1.42. The maximum Gasteiger partial charge on any atom is 0.163 e. The first kappa shape index (κ1) is 11.0. The predicted molar refractivity (Wildman–Crippen MR) is 58.1 cm³/mol. The van der Waals surface area contributed by atoms with E-state index in [2.05, 4.69) is 11.9 Å². The van der Waals surface area contributed by atoms with E-state index in [-0.39, 0.29) is 0 Å². The fraction of sp³-hybridized carbons (Fsp3) is 0.500. The molecule has 0 unspecified atom stereocenters. The van der Waals surface area contributed by atoms with Crippen LogP contribution in [0.1, 0.15) is 29.4 Å². The Morgan fingerprint density at radius 1 is 1.69 bits per heavy atom. The first-order chi connectivity index (χ1) is 6.27. The van der Waals surface area contributed by atoms with E-state index in [9.17, 15) is 4.79 Å². The monoisotopic (exact) mass is 235 g/mol. The molecule has 1 heterocycles. The van der Waals surface area contributed by atoms with Gasteiger partial charge in [0.25, 0.3) is 0 Å². The summed E-state index contributed by atoms with van der Waals surface area (Å²) >= 11 is 8.73. The van der Waals surface area contributed by atoms with E-state index >= 15 is 0 Å². The summed E-state index contributed by atoms with van der Waals surface area (Å²) in [5.41, 5.74) is 0. The van der Waals surface area contributed by atoms with Crippen LogP contribution in [0.15, 0.2) is 4.34 Å². The Balaban J connectivity index is 2.52. The number of thioether (sulfide) groups is 1. The Labute approximate surface area is 90.7 Å². The van der Waals surface area contributed by atoms with Crippen molar-refractivity contribution < 1.29 is 4.79 Å². The van der Waals surface area contributed by atoms with Crippen LogP contribution in [0, 0.1) is 0 Å². The maximum atomic E-state index is 10.4. The lowest BCUT2D eigenvalue weighted by molar-refractivity contribution is 0.112. The number of nitrogens with zero attached hydrogens (tertiary/aromatic N) is 1. The molecule has 2 nitrogen and oxygen atoms in total. The number of aromatic nitrogens is 1. The van der Waals surface area contributed by atoms with Crippen molar-refractivity contribution in [1.82, 2.24) is 4.98 Å². The molecule has 5 heteroatoms. The second kappa shape index (κ2) is 5.62. The van der Waals surface area contributed by atoms with Gasteiger partial charge in [0.2, 0.25) is 0 Å². The van der Waals surface area contributed by atoms with Gasteiger partial charge in [0, 0.05) is 5.75 Å². The zero-order valence-electron chi connectivity index (χ0n) is 7.25. The van der Waals surface area contributed by atoms with Crippen molar-refractivity contribution >= 4 is 41.0 Å². The topological polar surface area (TPSA) is 30.0 Å². The number of halogens is 1. The minimum atomic E-state index is 0.332. The summed E-state index contributed by atoms with van der Waals surface area (Å²) in [4.78, 5) is 15.0. The van der Waals surface area contributed by atoms with Gasteiger partial charge in [-0.15, -0.1) is 11.3 Å². The van der Waals surface area contributed by atoms with Gasteiger partial charge in [-0.2, -0.15) is 0 Å². The first-order valence-corrected chi connectivity index (χ1v) is 6.20. The van der Waals surface area contributed by atoms with Gasteiger partial charge in [-0.05, 0) is 6.42 Å². The largest absolute Gasteiger partial charge is 0.297 e. The Morgan fingerprint density at radius 3 is 3.00 bits per heavy atom. The van der Waals surface area contributed by atoms with Gasteiger partial charge in [-0.25, -0.2) is 4.98 Å². The van der Waals surface area contributed by atoms with Gasteiger partial charge < -0.3 is 0 Å². The molecule has 0 aliphatic rings. The second-order valence-corrected chi connectivity index (χ2v) is 5.19. The van der Waals surface area contributed by atoms with E-state index in [1.54, 1.807) is 11.8 Å². The second-order valence-electron chi connectivity index (χ2n) is 2.45. The van der Waals surface area contributed by atoms with Gasteiger partial charge in [0.15, 0.2) is 15.8 Å². The molecular weight excluding hydrogens is 226 g/mol. The lowest BCUT2D eigenvalue weighted by Crippen LogP contribution is -1.76. The molecular formula is C8H10ClNOS2. The Hall–Kier alpha value is -0.0600. The van der Waals surface area contributed by atoms with Crippen LogP contribution in [0.3, 0.4) is 0 Å². The predicted octanol–water partition coefficient (Wildman–Crippen LogP) is 3.50. The third-order valence-corrected chi connectivity index (χ3v) is 4.03. The molecule has 0 fully saturated rings. The van der Waals surface area contributed by atoms with Crippen molar-refractivity contribution in [2.45, 2.75) is 24.1 Å². The SMILES string of the molecule is CCCCSc1nc(Cl)c(C=O)s1. The van der Waals surface area contributed by atoms with Crippen LogP contribution in [0.25, 0.3) is 0 Å². The molecule has 0 N–H and O–H groups in total. The number of carbonyl (C=O) groups is 1. The molecule has 0 bridgehead atoms. The van der Waals surface area contributed by atoms with Crippen molar-refractivity contribution in [1.29, 1.82) is 0 Å². The average Bonchev–Trinajstić information content (AvgIpc) is 2.47. The summed E-state index contributed by atoms with van der Waals surface area (Å²) in [6.45, 7) is 2.15. The van der Waals surface area contributed by atoms with Crippen LogP contribution in [0.4, 0.5) is 0 Å². The molecule has 0 atom stereocenters. The highest BCUT2D eigenvalue weighted by atomic mass is 35.5. The van der Waals surface area contributed by atoms with Crippen molar-refractivity contribution in [3.8, 4) is 0 Å². The van der Waals surface area contributed by atoms with Gasteiger partial charge in [0.05, 0.1) is 0 Å². The van der Waals surface area contributed by atoms with Crippen molar-refractivity contribution in [3.63, 3.8) is 0 Å². The summed E-state index contributed by atoms with van der Waals surface area (Å²) in [6.07, 6.45) is 3.09. The normalized spacial score (nSPS) is 10.3. The molecule has 0 saturated carbocycles. The molecule has 0 saturated heterocycles. The summed E-state index contributed by atoms with van der Waals surface area (Å²) in [7, 11) is 0. The number of carbonyl (C=O) groups excluding carboxylic acids is 1. The Kier molecular flexibility index (Phi) is 4.77. The highest BCUT2D eigenvalue weighted by Gasteiger charge is 2.07. The highest BCUT2D eigenvalue weighted by molar-refractivity contribution is 8.01. The zero-order chi connectivity index (χ0) is 9.68. The summed E-state index contributed by atoms with van der Waals surface area (Å²) in [5.74, 6) is 1.04. The minimum Gasteiger partial charge on any atom is -0.297 e. The van der Waals surface area contributed by atoms with Crippen molar-refractivity contribution in [2.24, 2.45) is 0 Å². The van der Waals surface area contributed by atoms with Gasteiger partial charge in [0.1, 0.15) is 4.88 Å². The van der Waals surface area contributed by atoms with E-state index < -0.39 is 0 Å². The van der Waals surface area contributed by atoms with E-state index in [0.717, 1.165) is 22.8 Å². The molecule has 1 aromatic heterocycles. The van der Waals surface area contributed by atoms with Crippen LogP contribution < -0.4 is 0 Å². The maximum absolute atomic E-state index is 10.4. The highest BCUT2D eigenvalue weighted by Crippen LogP contribution is 2.29. The number of unbranched alkanes of at least 4 members (excludes halogenated alkanes) is 1. The van der Waals surface area contributed by atoms with Gasteiger partial charge in [-0.1, -0.05) is 36.7 Å². The number of rotatable bonds is 5. The van der Waals surface area contributed by atoms with Crippen LogP contribution in [-0.2, 0) is 0 Å². The standard InChI is InChI=1S/C8H10ClNOS2/c1-2-3-4-12-8-10-7(9)6(5-11)13-8/h5H,2-4H2,1H3. The van der Waals surface area contributed by atoms with E-state index in [4.69, 9.17) is 11.6 Å². The van der Waals surface area contributed by atoms with Gasteiger partial charge in [-0.3, -0.25) is 4.79 Å². The van der Waals surface area contributed by atoms with Gasteiger partial charge >= 0.3 is 0 Å². The van der Waals surface area contributed by atoms with Crippen LogP contribution >= 0.6 is 34.7 Å². The van der Waals surface area contributed by atoms with E-state index in [1.807, 2.05) is 0 Å². The van der Waals surface area contributed by atoms with Crippen LogP contribution in [-0.4, -0.2) is 17.0 Å². The van der Waals surface area contributed by atoms with E-state index in [0.29, 0.717) is 10.0 Å². The number of hydrogen-bond donors (Lipinski definition) is 0. The molecule has 1 aromatic rings. The Morgan fingerprint density at radius 2 is 2.46 bits per heavy atom. The molecule has 1 rings (SSSR count). The Bertz CT molecular complexity index is 288. The summed E-state index contributed by atoms with van der Waals surface area (Å²) < 4.78 is 0.889. The summed E-state index contributed by atoms with van der Waals surface area (Å²) in [5, 5.41) is 0.332. The molecule has 0 aromatic carbocycles. The molecule has 0 spiro atoms. The molecule has 0 aliphatic carbocycles. The lowest BCUT2D eigenvalue weighted by atomic mass is 10.4. The number of thiazole rings is 1. The number of hydrogen-bond acceptors (Lipinski definition) is 4. The average molecular weight is 236 g/mol. The molecule has 0 aliphatic heterocycles. The van der Waals surface area contributed by atoms with Crippen LogP contribution in [0.5, 0.6) is 0 Å². The molecule has 0 amide bonds. The quantitative estimate of drug-likeness (QED) is 0.445. The van der Waals surface area contributed by atoms with Crippen molar-refractivity contribution in [2.75, 3.05) is 5.75 Å².